The molecule has 1 fully saturated rings. The van der Waals surface area contributed by atoms with E-state index in [9.17, 15) is 0 Å². The summed E-state index contributed by atoms with van der Waals surface area (Å²) in [5.74, 6) is 0.939. The predicted octanol–water partition coefficient (Wildman–Crippen LogP) is 4.73. The molecule has 3 rings (SSSR count). The molecule has 0 atom stereocenters. The van der Waals surface area contributed by atoms with E-state index in [1.807, 2.05) is 6.92 Å². The number of aryl methyl sites for hydroxylation is 1. The number of likely N-dealkylation sites (tertiary alicyclic amines) is 1. The molecule has 4 nitrogen and oxygen atoms in total. The van der Waals surface area contributed by atoms with E-state index in [4.69, 9.17) is 4.74 Å². The first-order chi connectivity index (χ1) is 12.4. The van der Waals surface area contributed by atoms with Crippen LogP contribution in [0.25, 0.3) is 5.69 Å². The fourth-order valence-electron chi connectivity index (χ4n) is 3.58. The molecule has 4 heteroatoms. The zero-order valence-corrected chi connectivity index (χ0v) is 16.8. The van der Waals surface area contributed by atoms with E-state index < -0.39 is 0 Å². The van der Waals surface area contributed by atoms with Crippen molar-refractivity contribution >= 4 is 0 Å². The van der Waals surface area contributed by atoms with Gasteiger partial charge in [-0.3, -0.25) is 0 Å². The molecule has 0 bridgehead atoms. The average Bonchev–Trinajstić information content (AvgIpc) is 3.02. The Morgan fingerprint density at radius 1 is 1.04 bits per heavy atom. The van der Waals surface area contributed by atoms with Crippen LogP contribution in [-0.4, -0.2) is 40.9 Å². The van der Waals surface area contributed by atoms with Crippen molar-refractivity contribution in [2.24, 2.45) is 0 Å². The smallest absolute Gasteiger partial charge is 0.119 e. The Bertz CT molecular complexity index is 691. The van der Waals surface area contributed by atoms with Crippen LogP contribution in [0, 0.1) is 6.92 Å². The fourth-order valence-corrected chi connectivity index (χ4v) is 3.58. The molecule has 0 saturated carbocycles. The van der Waals surface area contributed by atoms with Crippen molar-refractivity contribution in [2.75, 3.05) is 26.2 Å². The van der Waals surface area contributed by atoms with Gasteiger partial charge in [0.15, 0.2) is 0 Å². The molecule has 142 valence electrons. The summed E-state index contributed by atoms with van der Waals surface area (Å²) in [6, 6.07) is 10.5. The molecule has 0 radical (unpaired) electrons. The lowest BCUT2D eigenvalue weighted by Crippen LogP contribution is -2.31. The van der Waals surface area contributed by atoms with Crippen molar-refractivity contribution in [2.45, 2.75) is 58.8 Å². The number of rotatable bonds is 6. The molecular formula is C22H33N3O. The SMILES string of the molecule is Cc1cc(C(C)(C)C)n(-c2ccc(OCCCN3CCCCC3)cc2)n1. The van der Waals surface area contributed by atoms with E-state index in [1.165, 1.54) is 38.0 Å². The van der Waals surface area contributed by atoms with Crippen LogP contribution < -0.4 is 4.74 Å². The first-order valence-corrected chi connectivity index (χ1v) is 9.96. The first-order valence-electron chi connectivity index (χ1n) is 9.96. The molecule has 0 aliphatic carbocycles. The van der Waals surface area contributed by atoms with Crippen molar-refractivity contribution < 1.29 is 4.74 Å². The number of hydrogen-bond donors (Lipinski definition) is 0. The van der Waals surface area contributed by atoms with Gasteiger partial charge in [0.1, 0.15) is 5.75 Å². The zero-order chi connectivity index (χ0) is 18.6. The number of ether oxygens (including phenoxy) is 1. The largest absolute Gasteiger partial charge is 0.494 e. The van der Waals surface area contributed by atoms with Crippen LogP contribution >= 0.6 is 0 Å². The number of hydrogen-bond acceptors (Lipinski definition) is 3. The summed E-state index contributed by atoms with van der Waals surface area (Å²) in [4.78, 5) is 2.56. The molecule has 0 spiro atoms. The Hall–Kier alpha value is -1.81. The summed E-state index contributed by atoms with van der Waals surface area (Å²) >= 11 is 0. The van der Waals surface area contributed by atoms with E-state index in [2.05, 4.69) is 65.8 Å². The second-order valence-electron chi connectivity index (χ2n) is 8.43. The average molecular weight is 356 g/mol. The Kier molecular flexibility index (Phi) is 6.02. The molecule has 1 saturated heterocycles. The van der Waals surface area contributed by atoms with Crippen LogP contribution in [0.3, 0.4) is 0 Å². The molecule has 0 amide bonds. The summed E-state index contributed by atoms with van der Waals surface area (Å²) in [5.41, 5.74) is 3.42. The van der Waals surface area contributed by atoms with Crippen LogP contribution in [0.4, 0.5) is 0 Å². The Morgan fingerprint density at radius 2 is 1.73 bits per heavy atom. The van der Waals surface area contributed by atoms with E-state index >= 15 is 0 Å². The number of nitrogens with zero attached hydrogens (tertiary/aromatic N) is 3. The third kappa shape index (κ3) is 4.88. The summed E-state index contributed by atoms with van der Waals surface area (Å²) in [6.07, 6.45) is 5.19. The summed E-state index contributed by atoms with van der Waals surface area (Å²) < 4.78 is 7.99. The third-order valence-electron chi connectivity index (χ3n) is 5.02. The van der Waals surface area contributed by atoms with Gasteiger partial charge in [0.2, 0.25) is 0 Å². The topological polar surface area (TPSA) is 30.3 Å². The van der Waals surface area contributed by atoms with Crippen molar-refractivity contribution in [3.63, 3.8) is 0 Å². The fraction of sp³-hybridized carbons (Fsp3) is 0.591. The van der Waals surface area contributed by atoms with Gasteiger partial charge < -0.3 is 9.64 Å². The minimum Gasteiger partial charge on any atom is -0.494 e. The molecule has 2 aromatic rings. The maximum absolute atomic E-state index is 5.93. The lowest BCUT2D eigenvalue weighted by molar-refractivity contribution is 0.205. The third-order valence-corrected chi connectivity index (χ3v) is 5.02. The molecule has 26 heavy (non-hydrogen) atoms. The maximum Gasteiger partial charge on any atom is 0.119 e. The standard InChI is InChI=1S/C22H33N3O/c1-18-17-21(22(2,3)4)25(23-18)19-9-11-20(12-10-19)26-16-8-15-24-13-6-5-7-14-24/h9-12,17H,5-8,13-16H2,1-4H3. The Morgan fingerprint density at radius 3 is 2.38 bits per heavy atom. The van der Waals surface area contributed by atoms with Crippen LogP contribution in [0.5, 0.6) is 5.75 Å². The van der Waals surface area contributed by atoms with Crippen LogP contribution in [-0.2, 0) is 5.41 Å². The van der Waals surface area contributed by atoms with E-state index in [1.54, 1.807) is 0 Å². The maximum atomic E-state index is 5.93. The van der Waals surface area contributed by atoms with Crippen molar-refractivity contribution in [3.05, 3.63) is 41.7 Å². The first kappa shape index (κ1) is 19.0. The normalized spacial score (nSPS) is 16.0. The van der Waals surface area contributed by atoms with Crippen molar-refractivity contribution in [1.82, 2.24) is 14.7 Å². The Labute approximate surface area is 158 Å². The second-order valence-corrected chi connectivity index (χ2v) is 8.43. The summed E-state index contributed by atoms with van der Waals surface area (Å²) in [6.45, 7) is 13.2. The molecule has 2 heterocycles. The highest BCUT2D eigenvalue weighted by Gasteiger charge is 2.20. The zero-order valence-electron chi connectivity index (χ0n) is 16.8. The monoisotopic (exact) mass is 355 g/mol. The highest BCUT2D eigenvalue weighted by atomic mass is 16.5. The second kappa shape index (κ2) is 8.26. The van der Waals surface area contributed by atoms with Gasteiger partial charge in [0.25, 0.3) is 0 Å². The van der Waals surface area contributed by atoms with Gasteiger partial charge in [-0.05, 0) is 69.6 Å². The predicted molar refractivity (Wildman–Crippen MR) is 107 cm³/mol. The van der Waals surface area contributed by atoms with Crippen molar-refractivity contribution in [1.29, 1.82) is 0 Å². The molecule has 1 aromatic carbocycles. The molecule has 1 aliphatic heterocycles. The molecule has 0 N–H and O–H groups in total. The van der Waals surface area contributed by atoms with Gasteiger partial charge in [0.05, 0.1) is 18.0 Å². The van der Waals surface area contributed by atoms with E-state index in [0.29, 0.717) is 0 Å². The number of piperidine rings is 1. The van der Waals surface area contributed by atoms with Gasteiger partial charge in [-0.15, -0.1) is 0 Å². The van der Waals surface area contributed by atoms with E-state index in [0.717, 1.165) is 36.7 Å². The molecule has 1 aliphatic rings. The number of benzene rings is 1. The van der Waals surface area contributed by atoms with Crippen LogP contribution in [0.2, 0.25) is 0 Å². The molecule has 0 unspecified atom stereocenters. The van der Waals surface area contributed by atoms with Gasteiger partial charge in [-0.25, -0.2) is 4.68 Å². The highest BCUT2D eigenvalue weighted by Crippen LogP contribution is 2.26. The van der Waals surface area contributed by atoms with Gasteiger partial charge in [-0.1, -0.05) is 27.2 Å². The Balaban J connectivity index is 1.55. The van der Waals surface area contributed by atoms with Crippen LogP contribution in [0.15, 0.2) is 30.3 Å². The molecular weight excluding hydrogens is 322 g/mol. The summed E-state index contributed by atoms with van der Waals surface area (Å²) in [5, 5.41) is 4.67. The van der Waals surface area contributed by atoms with Gasteiger partial charge in [-0.2, -0.15) is 5.10 Å². The van der Waals surface area contributed by atoms with Gasteiger partial charge >= 0.3 is 0 Å². The minimum absolute atomic E-state index is 0.0604. The van der Waals surface area contributed by atoms with Gasteiger partial charge in [0, 0.05) is 17.7 Å². The van der Waals surface area contributed by atoms with E-state index in [-0.39, 0.29) is 5.41 Å². The number of aromatic nitrogens is 2. The summed E-state index contributed by atoms with van der Waals surface area (Å²) in [7, 11) is 0. The van der Waals surface area contributed by atoms with Crippen LogP contribution in [0.1, 0.15) is 57.8 Å². The minimum atomic E-state index is 0.0604. The molecule has 1 aromatic heterocycles. The highest BCUT2D eigenvalue weighted by molar-refractivity contribution is 5.39. The van der Waals surface area contributed by atoms with Crippen molar-refractivity contribution in [3.8, 4) is 11.4 Å². The lowest BCUT2D eigenvalue weighted by atomic mass is 9.92. The quantitative estimate of drug-likeness (QED) is 0.702. The lowest BCUT2D eigenvalue weighted by Gasteiger charge is -2.26.